The number of benzene rings is 1. The first kappa shape index (κ1) is 13.5. The van der Waals surface area contributed by atoms with Crippen LogP contribution < -0.4 is 16.0 Å². The molecule has 1 heterocycles. The number of hydrazine groups is 1. The van der Waals surface area contributed by atoms with Crippen molar-refractivity contribution in [2.75, 3.05) is 7.11 Å². The third kappa shape index (κ3) is 2.57. The zero-order chi connectivity index (χ0) is 13.8. The fourth-order valence-electron chi connectivity index (χ4n) is 2.10. The van der Waals surface area contributed by atoms with Gasteiger partial charge < -0.3 is 4.74 Å². The molecule has 0 spiro atoms. The molecule has 0 amide bonds. The number of methoxy groups -OCH3 is 1. The Hall–Kier alpha value is -1.98. The highest BCUT2D eigenvalue weighted by atomic mass is 16.5. The van der Waals surface area contributed by atoms with Gasteiger partial charge in [0.15, 0.2) is 0 Å². The lowest BCUT2D eigenvalue weighted by atomic mass is 9.97. The van der Waals surface area contributed by atoms with Gasteiger partial charge in [-0.15, -0.1) is 0 Å². The van der Waals surface area contributed by atoms with Crippen LogP contribution in [0.5, 0.6) is 5.75 Å². The number of hydrogen-bond donors (Lipinski definition) is 2. The SMILES string of the molecule is COc1c(C(NN)c2cnccn2)ccc(C)c1C. The van der Waals surface area contributed by atoms with Crippen LogP contribution in [-0.4, -0.2) is 17.1 Å². The molecule has 1 atom stereocenters. The van der Waals surface area contributed by atoms with E-state index in [0.29, 0.717) is 0 Å². The Morgan fingerprint density at radius 2 is 2.05 bits per heavy atom. The summed E-state index contributed by atoms with van der Waals surface area (Å²) in [6.45, 7) is 4.08. The molecule has 0 aliphatic heterocycles. The molecule has 1 aromatic heterocycles. The maximum absolute atomic E-state index is 5.68. The van der Waals surface area contributed by atoms with E-state index in [1.165, 1.54) is 5.56 Å². The standard InChI is InChI=1S/C14H18N4O/c1-9-4-5-11(14(19-3)10(9)2)13(18-15)12-8-16-6-7-17-12/h4-8,13,18H,15H2,1-3H3. The predicted octanol–water partition coefficient (Wildman–Crippen LogP) is 1.65. The van der Waals surface area contributed by atoms with Crippen LogP contribution in [-0.2, 0) is 0 Å². The van der Waals surface area contributed by atoms with E-state index >= 15 is 0 Å². The summed E-state index contributed by atoms with van der Waals surface area (Å²) < 4.78 is 5.52. The van der Waals surface area contributed by atoms with Crippen LogP contribution in [0.3, 0.4) is 0 Å². The van der Waals surface area contributed by atoms with Gasteiger partial charge in [-0.3, -0.25) is 15.8 Å². The van der Waals surface area contributed by atoms with E-state index in [-0.39, 0.29) is 6.04 Å². The second-order valence-electron chi connectivity index (χ2n) is 4.36. The van der Waals surface area contributed by atoms with Gasteiger partial charge in [-0.05, 0) is 25.0 Å². The third-order valence-corrected chi connectivity index (χ3v) is 3.27. The average Bonchev–Trinajstić information content (AvgIpc) is 2.45. The van der Waals surface area contributed by atoms with Crippen LogP contribution in [0.4, 0.5) is 0 Å². The maximum atomic E-state index is 5.68. The molecule has 0 fully saturated rings. The summed E-state index contributed by atoms with van der Waals surface area (Å²) in [5, 5.41) is 0. The van der Waals surface area contributed by atoms with E-state index in [9.17, 15) is 0 Å². The normalized spacial score (nSPS) is 12.2. The lowest BCUT2D eigenvalue weighted by molar-refractivity contribution is 0.400. The van der Waals surface area contributed by atoms with Crippen molar-refractivity contribution in [3.8, 4) is 5.75 Å². The predicted molar refractivity (Wildman–Crippen MR) is 73.7 cm³/mol. The number of rotatable bonds is 4. The Morgan fingerprint density at radius 3 is 2.63 bits per heavy atom. The molecule has 0 saturated carbocycles. The average molecular weight is 258 g/mol. The second kappa shape index (κ2) is 5.77. The number of aromatic nitrogens is 2. The van der Waals surface area contributed by atoms with Crippen LogP contribution in [0, 0.1) is 13.8 Å². The molecule has 19 heavy (non-hydrogen) atoms. The molecule has 0 aliphatic rings. The van der Waals surface area contributed by atoms with Crippen LogP contribution in [0.2, 0.25) is 0 Å². The van der Waals surface area contributed by atoms with Gasteiger partial charge in [0.2, 0.25) is 0 Å². The van der Waals surface area contributed by atoms with Gasteiger partial charge in [0.05, 0.1) is 25.0 Å². The Bertz CT molecular complexity index is 557. The minimum absolute atomic E-state index is 0.247. The Kier molecular flexibility index (Phi) is 4.09. The monoisotopic (exact) mass is 258 g/mol. The van der Waals surface area contributed by atoms with E-state index in [4.69, 9.17) is 10.6 Å². The minimum atomic E-state index is -0.247. The number of nitrogens with one attached hydrogen (secondary N) is 1. The number of nitrogens with zero attached hydrogens (tertiary/aromatic N) is 2. The van der Waals surface area contributed by atoms with Crippen LogP contribution in [0.15, 0.2) is 30.7 Å². The van der Waals surface area contributed by atoms with E-state index in [1.54, 1.807) is 25.7 Å². The van der Waals surface area contributed by atoms with E-state index < -0.39 is 0 Å². The first-order chi connectivity index (χ1) is 9.19. The Morgan fingerprint density at radius 1 is 1.26 bits per heavy atom. The smallest absolute Gasteiger partial charge is 0.127 e. The molecule has 3 N–H and O–H groups in total. The van der Waals surface area contributed by atoms with Gasteiger partial charge in [0.1, 0.15) is 5.75 Å². The molecule has 0 radical (unpaired) electrons. The molecule has 0 bridgehead atoms. The Balaban J connectivity index is 2.53. The zero-order valence-electron chi connectivity index (χ0n) is 11.3. The fourth-order valence-corrected chi connectivity index (χ4v) is 2.10. The first-order valence-corrected chi connectivity index (χ1v) is 6.05. The molecule has 5 nitrogen and oxygen atoms in total. The molecule has 100 valence electrons. The van der Waals surface area contributed by atoms with Crippen LogP contribution >= 0.6 is 0 Å². The van der Waals surface area contributed by atoms with Crippen molar-refractivity contribution in [3.63, 3.8) is 0 Å². The van der Waals surface area contributed by atoms with Crippen molar-refractivity contribution in [2.45, 2.75) is 19.9 Å². The number of ether oxygens (including phenoxy) is 1. The maximum Gasteiger partial charge on any atom is 0.127 e. The molecule has 5 heteroatoms. The third-order valence-electron chi connectivity index (χ3n) is 3.27. The molecular weight excluding hydrogens is 240 g/mol. The van der Waals surface area contributed by atoms with Crippen molar-refractivity contribution in [3.05, 3.63) is 53.1 Å². The van der Waals surface area contributed by atoms with Gasteiger partial charge in [-0.25, -0.2) is 5.43 Å². The largest absolute Gasteiger partial charge is 0.496 e. The van der Waals surface area contributed by atoms with E-state index in [1.807, 2.05) is 19.1 Å². The van der Waals surface area contributed by atoms with E-state index in [0.717, 1.165) is 22.6 Å². The quantitative estimate of drug-likeness (QED) is 0.644. The molecule has 1 aromatic carbocycles. The summed E-state index contributed by atoms with van der Waals surface area (Å²) in [5.74, 6) is 6.50. The van der Waals surface area contributed by atoms with Crippen molar-refractivity contribution < 1.29 is 4.74 Å². The van der Waals surface area contributed by atoms with E-state index in [2.05, 4.69) is 22.3 Å². The molecule has 0 saturated heterocycles. The summed E-state index contributed by atoms with van der Waals surface area (Å²) in [7, 11) is 1.66. The highest BCUT2D eigenvalue weighted by molar-refractivity contribution is 5.48. The van der Waals surface area contributed by atoms with Gasteiger partial charge in [-0.2, -0.15) is 0 Å². The first-order valence-electron chi connectivity index (χ1n) is 6.05. The van der Waals surface area contributed by atoms with Gasteiger partial charge in [0.25, 0.3) is 0 Å². The summed E-state index contributed by atoms with van der Waals surface area (Å²) in [5.41, 5.74) is 6.76. The zero-order valence-corrected chi connectivity index (χ0v) is 11.3. The van der Waals surface area contributed by atoms with Gasteiger partial charge in [0, 0.05) is 18.0 Å². The lowest BCUT2D eigenvalue weighted by Gasteiger charge is -2.20. The van der Waals surface area contributed by atoms with Crippen molar-refractivity contribution in [1.29, 1.82) is 0 Å². The highest BCUT2D eigenvalue weighted by Crippen LogP contribution is 2.32. The highest BCUT2D eigenvalue weighted by Gasteiger charge is 2.20. The fraction of sp³-hybridized carbons (Fsp3) is 0.286. The number of aryl methyl sites for hydroxylation is 1. The summed E-state index contributed by atoms with van der Waals surface area (Å²) >= 11 is 0. The van der Waals surface area contributed by atoms with Gasteiger partial charge in [-0.1, -0.05) is 12.1 Å². The van der Waals surface area contributed by atoms with Crippen molar-refractivity contribution in [1.82, 2.24) is 15.4 Å². The Labute approximate surface area is 112 Å². The lowest BCUT2D eigenvalue weighted by Crippen LogP contribution is -2.30. The van der Waals surface area contributed by atoms with Gasteiger partial charge >= 0.3 is 0 Å². The number of nitrogens with two attached hydrogens (primary N) is 1. The topological polar surface area (TPSA) is 73.1 Å². The van der Waals surface area contributed by atoms with Crippen LogP contribution in [0.25, 0.3) is 0 Å². The molecular formula is C14H18N4O. The molecule has 2 rings (SSSR count). The molecule has 0 aliphatic carbocycles. The van der Waals surface area contributed by atoms with Crippen LogP contribution in [0.1, 0.15) is 28.4 Å². The molecule has 1 unspecified atom stereocenters. The van der Waals surface area contributed by atoms with Crippen molar-refractivity contribution in [2.24, 2.45) is 5.84 Å². The molecule has 2 aromatic rings. The summed E-state index contributed by atoms with van der Waals surface area (Å²) in [6, 6.07) is 3.80. The summed E-state index contributed by atoms with van der Waals surface area (Å²) in [4.78, 5) is 8.37. The number of hydrogen-bond acceptors (Lipinski definition) is 5. The minimum Gasteiger partial charge on any atom is -0.496 e. The summed E-state index contributed by atoms with van der Waals surface area (Å²) in [6.07, 6.45) is 4.97. The van der Waals surface area contributed by atoms with Crippen molar-refractivity contribution >= 4 is 0 Å². The second-order valence-corrected chi connectivity index (χ2v) is 4.36.